The Morgan fingerprint density at radius 2 is 2.18 bits per heavy atom. The van der Waals surface area contributed by atoms with Gasteiger partial charge >= 0.3 is 0 Å². The van der Waals surface area contributed by atoms with Crippen LogP contribution >= 0.6 is 0 Å². The molecule has 0 radical (unpaired) electrons. The summed E-state index contributed by atoms with van der Waals surface area (Å²) in [7, 11) is 1.64. The van der Waals surface area contributed by atoms with Gasteiger partial charge in [-0.05, 0) is 26.0 Å². The Labute approximate surface area is 99.2 Å². The molecule has 0 aliphatic carbocycles. The summed E-state index contributed by atoms with van der Waals surface area (Å²) in [5.41, 5.74) is 6.97. The predicted molar refractivity (Wildman–Crippen MR) is 64.4 cm³/mol. The van der Waals surface area contributed by atoms with Crippen LogP contribution in [0.3, 0.4) is 0 Å². The van der Waals surface area contributed by atoms with Gasteiger partial charge in [0, 0.05) is 19.7 Å². The zero-order valence-corrected chi connectivity index (χ0v) is 10.2. The average molecular weight is 237 g/mol. The number of ether oxygens (including phenoxy) is 1. The van der Waals surface area contributed by atoms with Crippen LogP contribution in [-0.4, -0.2) is 22.1 Å². The number of rotatable bonds is 3. The van der Waals surface area contributed by atoms with Crippen LogP contribution in [0.5, 0.6) is 0 Å². The molecule has 0 fully saturated rings. The lowest BCUT2D eigenvalue weighted by molar-refractivity contribution is 0.0226. The van der Waals surface area contributed by atoms with Crippen molar-refractivity contribution in [3.63, 3.8) is 0 Å². The van der Waals surface area contributed by atoms with E-state index >= 15 is 0 Å². The van der Waals surface area contributed by atoms with Gasteiger partial charge < -0.3 is 10.5 Å². The Morgan fingerprint density at radius 1 is 1.47 bits per heavy atom. The first-order valence-corrected chi connectivity index (χ1v) is 5.40. The van der Waals surface area contributed by atoms with Crippen molar-refractivity contribution in [2.45, 2.75) is 25.9 Å². The summed E-state index contributed by atoms with van der Waals surface area (Å²) >= 11 is 0. The lowest BCUT2D eigenvalue weighted by Crippen LogP contribution is -2.26. The highest BCUT2D eigenvalue weighted by Gasteiger charge is 2.21. The summed E-state index contributed by atoms with van der Waals surface area (Å²) < 4.78 is 20.0. The second kappa shape index (κ2) is 4.00. The second-order valence-electron chi connectivity index (χ2n) is 4.66. The van der Waals surface area contributed by atoms with E-state index in [-0.39, 0.29) is 11.4 Å². The fourth-order valence-electron chi connectivity index (χ4n) is 1.69. The maximum absolute atomic E-state index is 13.1. The van der Waals surface area contributed by atoms with E-state index in [9.17, 15) is 4.39 Å². The van der Waals surface area contributed by atoms with E-state index in [2.05, 4.69) is 4.98 Å². The van der Waals surface area contributed by atoms with E-state index in [1.54, 1.807) is 17.6 Å². The third-order valence-corrected chi connectivity index (χ3v) is 2.84. The molecule has 2 rings (SSSR count). The van der Waals surface area contributed by atoms with E-state index < -0.39 is 0 Å². The van der Waals surface area contributed by atoms with Crippen molar-refractivity contribution in [3.8, 4) is 0 Å². The first-order valence-electron chi connectivity index (χ1n) is 5.40. The average Bonchev–Trinajstić information content (AvgIpc) is 2.56. The number of methoxy groups -OCH3 is 1. The summed E-state index contributed by atoms with van der Waals surface area (Å²) in [4.78, 5) is 4.38. The van der Waals surface area contributed by atoms with Crippen LogP contribution in [0.2, 0.25) is 0 Å². The van der Waals surface area contributed by atoms with Gasteiger partial charge in [-0.15, -0.1) is 0 Å². The largest absolute Gasteiger partial charge is 0.383 e. The van der Waals surface area contributed by atoms with E-state index in [1.807, 2.05) is 13.8 Å². The Morgan fingerprint density at radius 3 is 2.82 bits per heavy atom. The summed E-state index contributed by atoms with van der Waals surface area (Å²) in [5.74, 6) is 0.128. The van der Waals surface area contributed by atoms with Gasteiger partial charge in [-0.1, -0.05) is 0 Å². The van der Waals surface area contributed by atoms with Crippen molar-refractivity contribution in [3.05, 3.63) is 29.8 Å². The molecule has 17 heavy (non-hydrogen) atoms. The fourth-order valence-corrected chi connectivity index (χ4v) is 1.69. The molecule has 0 spiro atoms. The number of nitrogen functional groups attached to an aromatic ring is 1. The highest BCUT2D eigenvalue weighted by Crippen LogP contribution is 2.22. The van der Waals surface area contributed by atoms with Crippen LogP contribution in [0, 0.1) is 5.82 Å². The van der Waals surface area contributed by atoms with Gasteiger partial charge in [0.1, 0.15) is 17.3 Å². The quantitative estimate of drug-likeness (QED) is 0.888. The summed E-state index contributed by atoms with van der Waals surface area (Å²) in [6.45, 7) is 3.91. The molecule has 0 aromatic carbocycles. The molecular weight excluding hydrogens is 221 g/mol. The standard InChI is InChI=1S/C12H16FN3O/c1-12(2,17-3)6-9-11(14)16-7-8(13)4-5-10(16)15-9/h4-5,7H,6,14H2,1-3H3. The monoisotopic (exact) mass is 237 g/mol. The van der Waals surface area contributed by atoms with Crippen LogP contribution in [0.15, 0.2) is 18.3 Å². The molecule has 2 N–H and O–H groups in total. The fraction of sp³-hybridized carbons (Fsp3) is 0.417. The van der Waals surface area contributed by atoms with Crippen molar-refractivity contribution in [1.29, 1.82) is 0 Å². The van der Waals surface area contributed by atoms with Crippen LogP contribution in [0.25, 0.3) is 5.65 Å². The number of imidazole rings is 1. The SMILES string of the molecule is COC(C)(C)Cc1nc2ccc(F)cn2c1N. The zero-order chi connectivity index (χ0) is 12.6. The summed E-state index contributed by atoms with van der Waals surface area (Å²) in [5, 5.41) is 0. The number of anilines is 1. The Hall–Kier alpha value is -1.62. The molecule has 2 aromatic rings. The van der Waals surface area contributed by atoms with Crippen molar-refractivity contribution < 1.29 is 9.13 Å². The minimum atomic E-state index is -0.343. The lowest BCUT2D eigenvalue weighted by atomic mass is 10.0. The number of hydrogen-bond donors (Lipinski definition) is 1. The molecule has 0 saturated carbocycles. The van der Waals surface area contributed by atoms with Gasteiger partial charge in [-0.3, -0.25) is 4.40 Å². The molecule has 0 aliphatic rings. The van der Waals surface area contributed by atoms with Crippen molar-refractivity contribution in [2.24, 2.45) is 0 Å². The molecule has 4 nitrogen and oxygen atoms in total. The second-order valence-corrected chi connectivity index (χ2v) is 4.66. The van der Waals surface area contributed by atoms with Crippen LogP contribution in [0.4, 0.5) is 10.2 Å². The molecule has 0 bridgehead atoms. The number of aromatic nitrogens is 2. The van der Waals surface area contributed by atoms with Crippen LogP contribution < -0.4 is 5.73 Å². The zero-order valence-electron chi connectivity index (χ0n) is 10.2. The van der Waals surface area contributed by atoms with Gasteiger partial charge in [0.25, 0.3) is 0 Å². The van der Waals surface area contributed by atoms with Crippen molar-refractivity contribution in [2.75, 3.05) is 12.8 Å². The van der Waals surface area contributed by atoms with Gasteiger partial charge in [0.15, 0.2) is 0 Å². The number of nitrogens with two attached hydrogens (primary N) is 1. The maximum atomic E-state index is 13.1. The van der Waals surface area contributed by atoms with E-state index in [0.29, 0.717) is 17.9 Å². The molecule has 0 saturated heterocycles. The molecular formula is C12H16FN3O. The lowest BCUT2D eigenvalue weighted by Gasteiger charge is -2.21. The third-order valence-electron chi connectivity index (χ3n) is 2.84. The number of fused-ring (bicyclic) bond motifs is 1. The highest BCUT2D eigenvalue weighted by atomic mass is 19.1. The number of pyridine rings is 1. The highest BCUT2D eigenvalue weighted by molar-refractivity contribution is 5.52. The molecule has 0 amide bonds. The first-order chi connectivity index (χ1) is 7.93. The van der Waals surface area contributed by atoms with E-state index in [4.69, 9.17) is 10.5 Å². The van der Waals surface area contributed by atoms with Crippen LogP contribution in [0.1, 0.15) is 19.5 Å². The normalized spacial score (nSPS) is 12.2. The number of halogens is 1. The molecule has 2 aromatic heterocycles. The minimum Gasteiger partial charge on any atom is -0.383 e. The van der Waals surface area contributed by atoms with E-state index in [0.717, 1.165) is 5.69 Å². The summed E-state index contributed by atoms with van der Waals surface area (Å²) in [6, 6.07) is 2.97. The van der Waals surface area contributed by atoms with Gasteiger partial charge in [0.05, 0.1) is 11.3 Å². The first kappa shape index (κ1) is 11.9. The van der Waals surface area contributed by atoms with E-state index in [1.165, 1.54) is 12.3 Å². The van der Waals surface area contributed by atoms with Crippen molar-refractivity contribution >= 4 is 11.5 Å². The Bertz CT molecular complexity index is 548. The number of hydrogen-bond acceptors (Lipinski definition) is 3. The molecule has 0 unspecified atom stereocenters. The molecule has 0 atom stereocenters. The molecule has 2 heterocycles. The topological polar surface area (TPSA) is 52.5 Å². The molecule has 5 heteroatoms. The van der Waals surface area contributed by atoms with Crippen molar-refractivity contribution in [1.82, 2.24) is 9.38 Å². The molecule has 92 valence electrons. The summed E-state index contributed by atoms with van der Waals surface area (Å²) in [6.07, 6.45) is 1.92. The maximum Gasteiger partial charge on any atom is 0.140 e. The van der Waals surface area contributed by atoms with Gasteiger partial charge in [0.2, 0.25) is 0 Å². The Kier molecular flexibility index (Phi) is 2.79. The smallest absolute Gasteiger partial charge is 0.140 e. The van der Waals surface area contributed by atoms with Crippen LogP contribution in [-0.2, 0) is 11.2 Å². The predicted octanol–water partition coefficient (Wildman–Crippen LogP) is 2.02. The minimum absolute atomic E-state index is 0.334. The number of nitrogens with zero attached hydrogens (tertiary/aromatic N) is 2. The van der Waals surface area contributed by atoms with Gasteiger partial charge in [-0.25, -0.2) is 9.37 Å². The Balaban J connectivity index is 2.46. The van der Waals surface area contributed by atoms with Gasteiger partial charge in [-0.2, -0.15) is 0 Å². The third kappa shape index (κ3) is 2.24. The molecule has 0 aliphatic heterocycles.